The molecule has 6 heteroatoms. The average Bonchev–Trinajstić information content (AvgIpc) is 2.73. The lowest BCUT2D eigenvalue weighted by molar-refractivity contribution is 0.0746. The number of anilines is 1. The minimum Gasteiger partial charge on any atom is -0.398 e. The zero-order chi connectivity index (χ0) is 22.6. The van der Waals surface area contributed by atoms with Crippen molar-refractivity contribution in [3.05, 3.63) is 93.5 Å². The van der Waals surface area contributed by atoms with Crippen molar-refractivity contribution in [3.63, 3.8) is 0 Å². The molecule has 0 unspecified atom stereocenters. The molecular weight excluding hydrogens is 443 g/mol. The van der Waals surface area contributed by atoms with E-state index in [1.54, 1.807) is 18.2 Å². The lowest BCUT2D eigenvalue weighted by Crippen LogP contribution is -2.37. The lowest BCUT2D eigenvalue weighted by atomic mass is 10.1. The summed E-state index contributed by atoms with van der Waals surface area (Å²) in [5.74, 6) is -0.122. The maximum absolute atomic E-state index is 13.4. The molecule has 162 valence electrons. The molecule has 0 aliphatic heterocycles. The summed E-state index contributed by atoms with van der Waals surface area (Å²) in [6.45, 7) is 8.04. The van der Waals surface area contributed by atoms with Crippen LogP contribution < -0.4 is 10.9 Å². The first kappa shape index (κ1) is 23.4. The van der Waals surface area contributed by atoms with Gasteiger partial charge < -0.3 is 10.6 Å². The van der Waals surface area contributed by atoms with Gasteiger partial charge in [0.25, 0.3) is 5.91 Å². The fourth-order valence-corrected chi connectivity index (χ4v) is 4.85. The fraction of sp³-hybridized carbons (Fsp3) is 0.240. The number of hydrogen-bond acceptors (Lipinski definition) is 2. The summed E-state index contributed by atoms with van der Waals surface area (Å²) < 4.78 is 0. The van der Waals surface area contributed by atoms with Crippen molar-refractivity contribution in [3.8, 4) is 0 Å². The summed E-state index contributed by atoms with van der Waals surface area (Å²) in [6.07, 6.45) is 0.719. The molecule has 2 N–H and O–H groups in total. The second kappa shape index (κ2) is 9.90. The Morgan fingerprint density at radius 1 is 0.871 bits per heavy atom. The quantitative estimate of drug-likeness (QED) is 0.339. The molecule has 3 aromatic carbocycles. The molecule has 3 rings (SSSR count). The van der Waals surface area contributed by atoms with E-state index in [-0.39, 0.29) is 5.91 Å². The first-order valence-corrected chi connectivity index (χ1v) is 14.6. The van der Waals surface area contributed by atoms with E-state index in [0.717, 1.165) is 17.5 Å². The van der Waals surface area contributed by atoms with Gasteiger partial charge in [0, 0.05) is 28.8 Å². The van der Waals surface area contributed by atoms with Gasteiger partial charge >= 0.3 is 0 Å². The zero-order valence-corrected chi connectivity index (χ0v) is 20.7. The highest BCUT2D eigenvalue weighted by atomic mass is 35.5. The highest BCUT2D eigenvalue weighted by Gasteiger charge is 2.20. The average molecular weight is 472 g/mol. The number of carbonyl (C=O) groups excluding carboxylic acids is 1. The minimum absolute atomic E-state index is 0.122. The van der Waals surface area contributed by atoms with E-state index >= 15 is 0 Å². The van der Waals surface area contributed by atoms with E-state index in [1.165, 1.54) is 5.19 Å². The molecule has 1 amide bonds. The van der Waals surface area contributed by atoms with Gasteiger partial charge in [-0.05, 0) is 47.9 Å². The standard InChI is InChI=1S/C25H28Cl2N2OSi/c1-31(2,3)22-11-6-19(7-12-22)17-29(15-14-18-4-8-20(26)9-5-18)25(30)23-16-21(27)10-13-24(23)28/h4-13,16H,14-15,17,28H2,1-3H3. The van der Waals surface area contributed by atoms with E-state index in [2.05, 4.69) is 43.9 Å². The molecule has 0 bridgehead atoms. The molecule has 0 saturated heterocycles. The van der Waals surface area contributed by atoms with Crippen LogP contribution in [0.15, 0.2) is 66.7 Å². The number of benzene rings is 3. The van der Waals surface area contributed by atoms with Crippen molar-refractivity contribution in [2.45, 2.75) is 32.6 Å². The third kappa shape index (κ3) is 6.36. The number of nitrogens with two attached hydrogens (primary N) is 1. The minimum atomic E-state index is -1.37. The first-order chi connectivity index (χ1) is 14.6. The van der Waals surface area contributed by atoms with Crippen LogP contribution in [0.1, 0.15) is 21.5 Å². The molecule has 0 aliphatic rings. The Balaban J connectivity index is 1.85. The maximum Gasteiger partial charge on any atom is 0.256 e. The van der Waals surface area contributed by atoms with Crippen LogP contribution in [0.3, 0.4) is 0 Å². The largest absolute Gasteiger partial charge is 0.398 e. The summed E-state index contributed by atoms with van der Waals surface area (Å²) in [5, 5.41) is 2.59. The molecule has 0 spiro atoms. The van der Waals surface area contributed by atoms with E-state index < -0.39 is 8.07 Å². The molecule has 0 aromatic heterocycles. The Morgan fingerprint density at radius 3 is 2.06 bits per heavy atom. The number of nitrogen functional groups attached to an aromatic ring is 1. The SMILES string of the molecule is C[Si](C)(C)c1ccc(CN(CCc2ccc(Cl)cc2)C(=O)c2cc(Cl)ccc2N)cc1. The van der Waals surface area contributed by atoms with Crippen molar-refractivity contribution in [1.82, 2.24) is 4.90 Å². The Kier molecular flexibility index (Phi) is 7.47. The molecule has 0 fully saturated rings. The van der Waals surface area contributed by atoms with Gasteiger partial charge in [-0.3, -0.25) is 4.79 Å². The second-order valence-electron chi connectivity index (χ2n) is 8.78. The van der Waals surface area contributed by atoms with E-state index in [9.17, 15) is 4.79 Å². The van der Waals surface area contributed by atoms with Gasteiger partial charge in [0.15, 0.2) is 0 Å². The van der Waals surface area contributed by atoms with E-state index in [1.807, 2.05) is 29.2 Å². The normalized spacial score (nSPS) is 11.4. The third-order valence-electron chi connectivity index (χ3n) is 5.31. The number of amides is 1. The van der Waals surface area contributed by atoms with Gasteiger partial charge in [-0.2, -0.15) is 0 Å². The van der Waals surface area contributed by atoms with Crippen molar-refractivity contribution < 1.29 is 4.79 Å². The van der Waals surface area contributed by atoms with Crippen LogP contribution in [0.25, 0.3) is 0 Å². The van der Waals surface area contributed by atoms with Gasteiger partial charge in [0.05, 0.1) is 13.6 Å². The van der Waals surface area contributed by atoms with Gasteiger partial charge in [-0.1, -0.05) is 84.4 Å². The van der Waals surface area contributed by atoms with Crippen LogP contribution in [0.5, 0.6) is 0 Å². The van der Waals surface area contributed by atoms with E-state index in [4.69, 9.17) is 28.9 Å². The molecule has 3 aromatic rings. The highest BCUT2D eigenvalue weighted by Crippen LogP contribution is 2.21. The fourth-order valence-electron chi connectivity index (χ4n) is 3.38. The molecule has 0 saturated carbocycles. The molecular formula is C25H28Cl2N2OSi. The van der Waals surface area contributed by atoms with Crippen LogP contribution in [0, 0.1) is 0 Å². The number of halogens is 2. The van der Waals surface area contributed by atoms with Crippen LogP contribution in [-0.2, 0) is 13.0 Å². The van der Waals surface area contributed by atoms with Crippen LogP contribution >= 0.6 is 23.2 Å². The van der Waals surface area contributed by atoms with Crippen LogP contribution in [0.4, 0.5) is 5.69 Å². The molecule has 0 heterocycles. The number of carbonyl (C=O) groups is 1. The van der Waals surface area contributed by atoms with Crippen molar-refractivity contribution in [1.29, 1.82) is 0 Å². The second-order valence-corrected chi connectivity index (χ2v) is 14.7. The van der Waals surface area contributed by atoms with Crippen LogP contribution in [-0.4, -0.2) is 25.4 Å². The van der Waals surface area contributed by atoms with Crippen molar-refractivity contribution >= 4 is 48.1 Å². The zero-order valence-electron chi connectivity index (χ0n) is 18.2. The van der Waals surface area contributed by atoms with Crippen LogP contribution in [0.2, 0.25) is 29.7 Å². The van der Waals surface area contributed by atoms with Gasteiger partial charge in [-0.15, -0.1) is 0 Å². The topological polar surface area (TPSA) is 46.3 Å². The predicted octanol–water partition coefficient (Wildman–Crippen LogP) is 6.01. The Bertz CT molecular complexity index is 1040. The third-order valence-corrected chi connectivity index (χ3v) is 7.86. The summed E-state index contributed by atoms with van der Waals surface area (Å²) in [7, 11) is -1.37. The number of hydrogen-bond donors (Lipinski definition) is 1. The molecule has 31 heavy (non-hydrogen) atoms. The van der Waals surface area contributed by atoms with Crippen molar-refractivity contribution in [2.24, 2.45) is 0 Å². The van der Waals surface area contributed by atoms with Crippen molar-refractivity contribution in [2.75, 3.05) is 12.3 Å². The predicted molar refractivity (Wildman–Crippen MR) is 135 cm³/mol. The summed E-state index contributed by atoms with van der Waals surface area (Å²) >= 11 is 12.1. The van der Waals surface area contributed by atoms with Gasteiger partial charge in [-0.25, -0.2) is 0 Å². The monoisotopic (exact) mass is 470 g/mol. The molecule has 0 aliphatic carbocycles. The number of nitrogens with zero attached hydrogens (tertiary/aromatic N) is 1. The molecule has 0 radical (unpaired) electrons. The van der Waals surface area contributed by atoms with E-state index in [0.29, 0.717) is 34.4 Å². The lowest BCUT2D eigenvalue weighted by Gasteiger charge is -2.24. The summed E-state index contributed by atoms with van der Waals surface area (Å²) in [5.41, 5.74) is 9.17. The Morgan fingerprint density at radius 2 is 1.45 bits per heavy atom. The summed E-state index contributed by atoms with van der Waals surface area (Å²) in [6, 6.07) is 21.4. The number of rotatable bonds is 7. The smallest absolute Gasteiger partial charge is 0.256 e. The molecule has 0 atom stereocenters. The first-order valence-electron chi connectivity index (χ1n) is 10.3. The Labute approximate surface area is 195 Å². The maximum atomic E-state index is 13.4. The highest BCUT2D eigenvalue weighted by molar-refractivity contribution is 6.88. The van der Waals surface area contributed by atoms with Gasteiger partial charge in [0.2, 0.25) is 0 Å². The molecule has 3 nitrogen and oxygen atoms in total. The summed E-state index contributed by atoms with van der Waals surface area (Å²) in [4.78, 5) is 15.2. The van der Waals surface area contributed by atoms with Gasteiger partial charge in [0.1, 0.15) is 0 Å². The Hall–Kier alpha value is -2.27.